The summed E-state index contributed by atoms with van der Waals surface area (Å²) in [7, 11) is 0. The molecule has 0 saturated heterocycles. The first-order valence-corrected chi connectivity index (χ1v) is 16.4. The molecule has 3 aromatic heterocycles. The molecule has 0 fully saturated rings. The van der Waals surface area contributed by atoms with Crippen LogP contribution in [0.4, 0.5) is 0 Å². The molecule has 46 heavy (non-hydrogen) atoms. The van der Waals surface area contributed by atoms with Crippen molar-refractivity contribution in [2.45, 2.75) is 0 Å². The summed E-state index contributed by atoms with van der Waals surface area (Å²) in [4.78, 5) is 5.27. The van der Waals surface area contributed by atoms with Gasteiger partial charge in [-0.2, -0.15) is 0 Å². The molecule has 0 amide bonds. The SMILES string of the molecule is c1ccc(-c2nc3ccc(-c4cccc(-c5cccc6c5sc5ccccc56)c4)cc3c3c2ccc2oc4ccccc4c23)cc1. The highest BCUT2D eigenvalue weighted by Gasteiger charge is 2.18. The number of benzene rings is 7. The van der Waals surface area contributed by atoms with Crippen molar-refractivity contribution in [1.29, 1.82) is 0 Å². The first-order valence-electron chi connectivity index (χ1n) is 15.5. The minimum atomic E-state index is 0.893. The first kappa shape index (κ1) is 25.5. The molecule has 10 aromatic rings. The summed E-state index contributed by atoms with van der Waals surface area (Å²) in [5, 5.41) is 8.33. The van der Waals surface area contributed by atoms with Gasteiger partial charge in [0.2, 0.25) is 0 Å². The Bertz CT molecular complexity index is 2810. The van der Waals surface area contributed by atoms with Gasteiger partial charge < -0.3 is 4.42 Å². The molecule has 0 aliphatic carbocycles. The average molecular weight is 604 g/mol. The van der Waals surface area contributed by atoms with E-state index in [-0.39, 0.29) is 0 Å². The lowest BCUT2D eigenvalue weighted by atomic mass is 9.93. The van der Waals surface area contributed by atoms with Crippen LogP contribution in [-0.2, 0) is 0 Å². The topological polar surface area (TPSA) is 26.0 Å². The van der Waals surface area contributed by atoms with Crippen molar-refractivity contribution in [2.24, 2.45) is 0 Å². The molecule has 10 rings (SSSR count). The standard InChI is InChI=1S/C43H25NOS/c1-2-10-26(11-3-1)42-34-21-23-38-41(33-15-4-6-18-37(33)45-38)40(34)35-25-28(20-22-36(35)44-42)27-12-8-13-29(24-27)30-16-9-17-32-31-14-5-7-19-39(31)46-43(30)32/h1-25H. The lowest BCUT2D eigenvalue weighted by Gasteiger charge is -2.13. The second kappa shape index (κ2) is 9.87. The van der Waals surface area contributed by atoms with Crippen LogP contribution in [0, 0.1) is 0 Å². The summed E-state index contributed by atoms with van der Waals surface area (Å²) in [5.41, 5.74) is 9.70. The van der Waals surface area contributed by atoms with E-state index in [1.54, 1.807) is 0 Å². The Morgan fingerprint density at radius 1 is 0.435 bits per heavy atom. The predicted molar refractivity (Wildman–Crippen MR) is 196 cm³/mol. The van der Waals surface area contributed by atoms with Gasteiger partial charge in [0.05, 0.1) is 11.2 Å². The number of nitrogens with zero attached hydrogens (tertiary/aromatic N) is 1. The maximum Gasteiger partial charge on any atom is 0.136 e. The third-order valence-corrected chi connectivity index (χ3v) is 10.5. The van der Waals surface area contributed by atoms with E-state index in [0.717, 1.165) is 49.5 Å². The number of furan rings is 1. The number of aromatic nitrogens is 1. The lowest BCUT2D eigenvalue weighted by molar-refractivity contribution is 0.669. The van der Waals surface area contributed by atoms with E-state index in [4.69, 9.17) is 9.40 Å². The summed E-state index contributed by atoms with van der Waals surface area (Å²) < 4.78 is 9.03. The molecule has 0 aliphatic rings. The number of hydrogen-bond acceptors (Lipinski definition) is 3. The summed E-state index contributed by atoms with van der Waals surface area (Å²) >= 11 is 1.87. The third-order valence-electron chi connectivity index (χ3n) is 9.26. The normalized spacial score (nSPS) is 11.9. The van der Waals surface area contributed by atoms with Crippen LogP contribution in [0.2, 0.25) is 0 Å². The van der Waals surface area contributed by atoms with Crippen LogP contribution in [0.3, 0.4) is 0 Å². The fourth-order valence-electron chi connectivity index (χ4n) is 7.14. The Morgan fingerprint density at radius 2 is 1.17 bits per heavy atom. The molecule has 3 heteroatoms. The Hall–Kier alpha value is -5.77. The average Bonchev–Trinajstić information content (AvgIpc) is 3.70. The molecule has 0 N–H and O–H groups in total. The minimum absolute atomic E-state index is 0.893. The van der Waals surface area contributed by atoms with Crippen LogP contribution in [0.5, 0.6) is 0 Å². The van der Waals surface area contributed by atoms with Gasteiger partial charge in [0.15, 0.2) is 0 Å². The molecular weight excluding hydrogens is 579 g/mol. The molecule has 0 spiro atoms. The molecule has 0 unspecified atom stereocenters. The number of fused-ring (bicyclic) bond motifs is 10. The molecule has 2 nitrogen and oxygen atoms in total. The number of rotatable bonds is 3. The molecule has 0 bridgehead atoms. The van der Waals surface area contributed by atoms with Gasteiger partial charge in [-0.05, 0) is 64.7 Å². The van der Waals surface area contributed by atoms with Crippen molar-refractivity contribution in [3.8, 4) is 33.5 Å². The van der Waals surface area contributed by atoms with Gasteiger partial charge in [-0.3, -0.25) is 0 Å². The molecular formula is C43H25NOS. The van der Waals surface area contributed by atoms with E-state index in [1.165, 1.54) is 47.8 Å². The van der Waals surface area contributed by atoms with Gasteiger partial charge in [-0.1, -0.05) is 109 Å². The number of pyridine rings is 1. The maximum atomic E-state index is 6.37. The Kier molecular flexibility index (Phi) is 5.48. The number of thiophene rings is 1. The van der Waals surface area contributed by atoms with Crippen molar-refractivity contribution < 1.29 is 4.42 Å². The second-order valence-electron chi connectivity index (χ2n) is 11.9. The zero-order chi connectivity index (χ0) is 30.2. The monoisotopic (exact) mass is 603 g/mol. The Morgan fingerprint density at radius 3 is 2.11 bits per heavy atom. The van der Waals surface area contributed by atoms with Crippen LogP contribution in [0.25, 0.3) is 97.3 Å². The molecule has 0 saturated carbocycles. The van der Waals surface area contributed by atoms with Crippen LogP contribution < -0.4 is 0 Å². The van der Waals surface area contributed by atoms with E-state index in [9.17, 15) is 0 Å². The fourth-order valence-corrected chi connectivity index (χ4v) is 8.38. The van der Waals surface area contributed by atoms with E-state index >= 15 is 0 Å². The van der Waals surface area contributed by atoms with E-state index < -0.39 is 0 Å². The zero-order valence-electron chi connectivity index (χ0n) is 24.7. The fraction of sp³-hybridized carbons (Fsp3) is 0. The number of para-hydroxylation sites is 1. The number of hydrogen-bond donors (Lipinski definition) is 0. The van der Waals surface area contributed by atoms with Gasteiger partial charge in [-0.15, -0.1) is 11.3 Å². The minimum Gasteiger partial charge on any atom is -0.456 e. The third kappa shape index (κ3) is 3.79. The highest BCUT2D eigenvalue weighted by atomic mass is 32.1. The van der Waals surface area contributed by atoms with Crippen molar-refractivity contribution in [2.75, 3.05) is 0 Å². The smallest absolute Gasteiger partial charge is 0.136 e. The summed E-state index contributed by atoms with van der Waals surface area (Å²) in [5.74, 6) is 0. The van der Waals surface area contributed by atoms with E-state index in [1.807, 2.05) is 17.4 Å². The first-order chi connectivity index (χ1) is 22.8. The highest BCUT2D eigenvalue weighted by molar-refractivity contribution is 7.26. The molecule has 0 aliphatic heterocycles. The van der Waals surface area contributed by atoms with Crippen molar-refractivity contribution in [3.63, 3.8) is 0 Å². The van der Waals surface area contributed by atoms with Crippen LogP contribution in [0.1, 0.15) is 0 Å². The van der Waals surface area contributed by atoms with Crippen molar-refractivity contribution >= 4 is 75.1 Å². The molecule has 0 radical (unpaired) electrons. The largest absolute Gasteiger partial charge is 0.456 e. The molecule has 7 aromatic carbocycles. The second-order valence-corrected chi connectivity index (χ2v) is 12.9. The van der Waals surface area contributed by atoms with E-state index in [2.05, 4.69) is 146 Å². The van der Waals surface area contributed by atoms with Gasteiger partial charge in [0.25, 0.3) is 0 Å². The molecule has 3 heterocycles. The lowest BCUT2D eigenvalue weighted by Crippen LogP contribution is -1.91. The van der Waals surface area contributed by atoms with E-state index in [0.29, 0.717) is 0 Å². The quantitative estimate of drug-likeness (QED) is 0.188. The zero-order valence-corrected chi connectivity index (χ0v) is 25.5. The van der Waals surface area contributed by atoms with Crippen LogP contribution >= 0.6 is 11.3 Å². The maximum absolute atomic E-state index is 6.37. The Labute approximate surface area is 268 Å². The van der Waals surface area contributed by atoms with Gasteiger partial charge in [-0.25, -0.2) is 4.98 Å². The summed E-state index contributed by atoms with van der Waals surface area (Å²) in [6.07, 6.45) is 0. The van der Waals surface area contributed by atoms with Crippen LogP contribution in [-0.4, -0.2) is 4.98 Å². The van der Waals surface area contributed by atoms with Crippen LogP contribution in [0.15, 0.2) is 156 Å². The predicted octanol–water partition coefficient (Wildman–Crippen LogP) is 12.7. The molecule has 214 valence electrons. The summed E-state index contributed by atoms with van der Waals surface area (Å²) in [6.45, 7) is 0. The highest BCUT2D eigenvalue weighted by Crippen LogP contribution is 2.43. The Balaban J connectivity index is 1.23. The van der Waals surface area contributed by atoms with Gasteiger partial charge in [0.1, 0.15) is 11.2 Å². The van der Waals surface area contributed by atoms with Crippen molar-refractivity contribution in [1.82, 2.24) is 4.98 Å². The van der Waals surface area contributed by atoms with Crippen molar-refractivity contribution in [3.05, 3.63) is 152 Å². The van der Waals surface area contributed by atoms with Gasteiger partial charge in [0, 0.05) is 52.7 Å². The summed E-state index contributed by atoms with van der Waals surface area (Å²) in [6, 6.07) is 54.1. The van der Waals surface area contributed by atoms with Gasteiger partial charge >= 0.3 is 0 Å². The molecule has 0 atom stereocenters.